The Labute approximate surface area is 160 Å². The SMILES string of the molecule is Cc1cccc(-c2cc(=O)n(CCC(C)(C(=O)NO)S(C)(=O)=O)cc2F)c1F. The summed E-state index contributed by atoms with van der Waals surface area (Å²) >= 11 is 0. The van der Waals surface area contributed by atoms with E-state index in [-0.39, 0.29) is 17.7 Å². The number of carbonyl (C=O) groups is 1. The third kappa shape index (κ3) is 3.97. The zero-order valence-electron chi connectivity index (χ0n) is 15.5. The van der Waals surface area contributed by atoms with Crippen molar-refractivity contribution in [2.75, 3.05) is 6.26 Å². The molecule has 0 aliphatic rings. The van der Waals surface area contributed by atoms with E-state index in [1.807, 2.05) is 0 Å². The van der Waals surface area contributed by atoms with Crippen LogP contribution < -0.4 is 11.0 Å². The van der Waals surface area contributed by atoms with Gasteiger partial charge in [-0.25, -0.2) is 22.7 Å². The number of aromatic nitrogens is 1. The molecular weight excluding hydrogens is 394 g/mol. The standard InChI is InChI=1S/C18H20F2N2O5S/c1-11-5-4-6-12(16(11)20)13-9-15(23)22(10-14(13)19)8-7-18(2,17(24)21-25)28(3,26)27/h4-6,9-10,25H,7-8H2,1-3H3,(H,21,24). The van der Waals surface area contributed by atoms with Gasteiger partial charge in [-0.1, -0.05) is 18.2 Å². The quantitative estimate of drug-likeness (QED) is 0.554. The minimum absolute atomic E-state index is 0.0672. The van der Waals surface area contributed by atoms with Gasteiger partial charge in [-0.15, -0.1) is 0 Å². The van der Waals surface area contributed by atoms with Crippen molar-refractivity contribution in [2.45, 2.75) is 31.6 Å². The fourth-order valence-electron chi connectivity index (χ4n) is 2.70. The Bertz CT molecular complexity index is 1080. The Morgan fingerprint density at radius 3 is 2.50 bits per heavy atom. The summed E-state index contributed by atoms with van der Waals surface area (Å²) in [6, 6.07) is 5.30. The van der Waals surface area contributed by atoms with Crippen LogP contribution in [0.4, 0.5) is 8.78 Å². The van der Waals surface area contributed by atoms with E-state index in [0.717, 1.165) is 30.0 Å². The second kappa shape index (κ2) is 7.80. The predicted octanol–water partition coefficient (Wildman–Crippen LogP) is 1.80. The summed E-state index contributed by atoms with van der Waals surface area (Å²) in [4.78, 5) is 24.2. The van der Waals surface area contributed by atoms with Crippen LogP contribution in [0.3, 0.4) is 0 Å². The number of nitrogens with one attached hydrogen (secondary N) is 1. The summed E-state index contributed by atoms with van der Waals surface area (Å²) in [5, 5.41) is 8.81. The van der Waals surface area contributed by atoms with Crippen LogP contribution in [0.1, 0.15) is 18.9 Å². The number of hydrogen-bond donors (Lipinski definition) is 2. The largest absolute Gasteiger partial charge is 0.312 e. The average molecular weight is 414 g/mol. The lowest BCUT2D eigenvalue weighted by atomic mass is 10.0. The van der Waals surface area contributed by atoms with Gasteiger partial charge in [-0.2, -0.15) is 0 Å². The van der Waals surface area contributed by atoms with Crippen molar-refractivity contribution in [1.29, 1.82) is 0 Å². The van der Waals surface area contributed by atoms with Gasteiger partial charge in [0.05, 0.1) is 0 Å². The first-order valence-electron chi connectivity index (χ1n) is 8.22. The minimum atomic E-state index is -3.96. The van der Waals surface area contributed by atoms with Crippen molar-refractivity contribution in [1.82, 2.24) is 10.0 Å². The summed E-state index contributed by atoms with van der Waals surface area (Å²) in [6.07, 6.45) is 1.25. The van der Waals surface area contributed by atoms with Crippen LogP contribution in [-0.4, -0.2) is 35.1 Å². The van der Waals surface area contributed by atoms with E-state index in [0.29, 0.717) is 5.56 Å². The highest BCUT2D eigenvalue weighted by Crippen LogP contribution is 2.26. The summed E-state index contributed by atoms with van der Waals surface area (Å²) in [5.74, 6) is -2.69. The lowest BCUT2D eigenvalue weighted by molar-refractivity contribution is -0.131. The summed E-state index contributed by atoms with van der Waals surface area (Å²) in [5.41, 5.74) is 0.602. The molecule has 0 saturated carbocycles. The Kier molecular flexibility index (Phi) is 6.05. The highest BCUT2D eigenvalue weighted by Gasteiger charge is 2.43. The van der Waals surface area contributed by atoms with Crippen molar-refractivity contribution in [3.8, 4) is 11.1 Å². The molecule has 0 spiro atoms. The maximum atomic E-state index is 14.5. The first-order valence-corrected chi connectivity index (χ1v) is 10.1. The highest BCUT2D eigenvalue weighted by molar-refractivity contribution is 7.92. The van der Waals surface area contributed by atoms with Gasteiger partial charge < -0.3 is 4.57 Å². The molecule has 1 atom stereocenters. The van der Waals surface area contributed by atoms with Crippen LogP contribution >= 0.6 is 0 Å². The highest BCUT2D eigenvalue weighted by atomic mass is 32.2. The lowest BCUT2D eigenvalue weighted by Gasteiger charge is -2.25. The number of hydroxylamine groups is 1. The van der Waals surface area contributed by atoms with E-state index in [1.165, 1.54) is 30.6 Å². The van der Waals surface area contributed by atoms with Gasteiger partial charge in [0.25, 0.3) is 11.5 Å². The molecule has 2 aromatic rings. The fraction of sp³-hybridized carbons (Fsp3) is 0.333. The van der Waals surface area contributed by atoms with E-state index in [2.05, 4.69) is 0 Å². The maximum absolute atomic E-state index is 14.5. The van der Waals surface area contributed by atoms with Crippen LogP contribution in [0, 0.1) is 18.6 Å². The van der Waals surface area contributed by atoms with E-state index in [1.54, 1.807) is 0 Å². The molecule has 28 heavy (non-hydrogen) atoms. The number of amides is 1. The average Bonchev–Trinajstić information content (AvgIpc) is 2.62. The molecule has 1 unspecified atom stereocenters. The van der Waals surface area contributed by atoms with Gasteiger partial charge in [0.1, 0.15) is 11.6 Å². The Morgan fingerprint density at radius 2 is 1.93 bits per heavy atom. The Balaban J connectivity index is 2.42. The van der Waals surface area contributed by atoms with Crippen LogP contribution in [0.25, 0.3) is 11.1 Å². The number of aryl methyl sites for hydroxylation is 2. The van der Waals surface area contributed by atoms with Gasteiger partial charge in [0.2, 0.25) is 0 Å². The Hall–Kier alpha value is -2.59. The number of nitrogens with zero attached hydrogens (tertiary/aromatic N) is 1. The summed E-state index contributed by atoms with van der Waals surface area (Å²) in [7, 11) is -3.96. The third-order valence-corrected chi connectivity index (χ3v) is 6.82. The zero-order chi connectivity index (χ0) is 21.3. The number of sulfone groups is 1. The van der Waals surface area contributed by atoms with Crippen molar-refractivity contribution < 1.29 is 27.2 Å². The monoisotopic (exact) mass is 414 g/mol. The van der Waals surface area contributed by atoms with Crippen LogP contribution in [-0.2, 0) is 21.2 Å². The van der Waals surface area contributed by atoms with E-state index >= 15 is 0 Å². The topological polar surface area (TPSA) is 105 Å². The molecule has 0 aliphatic heterocycles. The fourth-order valence-corrected chi connectivity index (χ4v) is 3.55. The van der Waals surface area contributed by atoms with E-state index in [9.17, 15) is 26.8 Å². The summed E-state index contributed by atoms with van der Waals surface area (Å²) in [6.45, 7) is 2.28. The van der Waals surface area contributed by atoms with Crippen LogP contribution in [0.5, 0.6) is 0 Å². The predicted molar refractivity (Wildman–Crippen MR) is 98.6 cm³/mol. The molecule has 1 amide bonds. The van der Waals surface area contributed by atoms with Gasteiger partial charge >= 0.3 is 0 Å². The van der Waals surface area contributed by atoms with Gasteiger partial charge in [0.15, 0.2) is 14.6 Å². The molecule has 10 heteroatoms. The van der Waals surface area contributed by atoms with Crippen LogP contribution in [0.2, 0.25) is 0 Å². The molecule has 0 fully saturated rings. The van der Waals surface area contributed by atoms with E-state index < -0.39 is 44.1 Å². The number of rotatable bonds is 6. The molecule has 2 N–H and O–H groups in total. The molecule has 0 bridgehead atoms. The molecular formula is C18H20F2N2O5S. The van der Waals surface area contributed by atoms with Gasteiger partial charge in [-0.05, 0) is 25.8 Å². The zero-order valence-corrected chi connectivity index (χ0v) is 16.3. The normalized spacial score (nSPS) is 13.8. The molecule has 1 aromatic carbocycles. The number of pyridine rings is 1. The molecule has 2 rings (SSSR count). The minimum Gasteiger partial charge on any atom is -0.312 e. The maximum Gasteiger partial charge on any atom is 0.264 e. The van der Waals surface area contributed by atoms with Crippen molar-refractivity contribution in [3.63, 3.8) is 0 Å². The van der Waals surface area contributed by atoms with Crippen molar-refractivity contribution in [2.24, 2.45) is 0 Å². The first kappa shape index (κ1) is 21.7. The summed E-state index contributed by atoms with van der Waals surface area (Å²) < 4.78 is 51.6. The van der Waals surface area contributed by atoms with E-state index in [4.69, 9.17) is 5.21 Å². The van der Waals surface area contributed by atoms with Gasteiger partial charge in [-0.3, -0.25) is 14.8 Å². The van der Waals surface area contributed by atoms with Gasteiger partial charge in [0, 0.05) is 36.2 Å². The first-order chi connectivity index (χ1) is 12.9. The molecule has 7 nitrogen and oxygen atoms in total. The number of benzene rings is 1. The molecule has 0 saturated heterocycles. The number of carbonyl (C=O) groups excluding carboxylic acids is 1. The van der Waals surface area contributed by atoms with Crippen LogP contribution in [0.15, 0.2) is 35.3 Å². The molecule has 1 aromatic heterocycles. The Morgan fingerprint density at radius 1 is 1.29 bits per heavy atom. The molecule has 1 heterocycles. The van der Waals surface area contributed by atoms with Crippen molar-refractivity contribution in [3.05, 3.63) is 58.0 Å². The molecule has 152 valence electrons. The van der Waals surface area contributed by atoms with Crippen molar-refractivity contribution >= 4 is 15.7 Å². The number of halogens is 2. The second-order valence-electron chi connectivity index (χ2n) is 6.70. The lowest BCUT2D eigenvalue weighted by Crippen LogP contribution is -2.50. The number of hydrogen-bond acceptors (Lipinski definition) is 5. The smallest absolute Gasteiger partial charge is 0.264 e. The molecule has 0 radical (unpaired) electrons. The molecule has 0 aliphatic carbocycles. The third-order valence-electron chi connectivity index (χ3n) is 4.79. The second-order valence-corrected chi connectivity index (χ2v) is 9.14.